The van der Waals surface area contributed by atoms with Crippen LogP contribution in [0.1, 0.15) is 24.8 Å². The molecular weight excluding hydrogens is 294 g/mol. The number of hydrogen-bond donors (Lipinski definition) is 3. The van der Waals surface area contributed by atoms with E-state index in [1.807, 2.05) is 30.3 Å². The monoisotopic (exact) mass is 317 g/mol. The van der Waals surface area contributed by atoms with E-state index >= 15 is 0 Å². The molecule has 0 spiro atoms. The van der Waals surface area contributed by atoms with Gasteiger partial charge >= 0.3 is 0 Å². The first kappa shape index (κ1) is 17.0. The molecule has 0 aromatic heterocycles. The van der Waals surface area contributed by atoms with Crippen molar-refractivity contribution in [2.24, 2.45) is 5.92 Å². The molecule has 124 valence electrons. The number of carbonyl (C=O) groups is 3. The molecule has 1 fully saturated rings. The molecular formula is C17H23N3O3. The fraction of sp³-hybridized carbons (Fsp3) is 0.471. The van der Waals surface area contributed by atoms with Gasteiger partial charge in [0.15, 0.2) is 0 Å². The van der Waals surface area contributed by atoms with Crippen molar-refractivity contribution < 1.29 is 14.4 Å². The molecule has 1 aliphatic heterocycles. The second kappa shape index (κ2) is 8.92. The second-order valence-electron chi connectivity index (χ2n) is 5.73. The van der Waals surface area contributed by atoms with Crippen LogP contribution in [0.4, 0.5) is 0 Å². The summed E-state index contributed by atoms with van der Waals surface area (Å²) in [6, 6.07) is 9.86. The Labute approximate surface area is 136 Å². The van der Waals surface area contributed by atoms with Crippen molar-refractivity contribution >= 4 is 17.7 Å². The van der Waals surface area contributed by atoms with E-state index in [4.69, 9.17) is 0 Å². The van der Waals surface area contributed by atoms with Crippen molar-refractivity contribution in [3.63, 3.8) is 0 Å². The summed E-state index contributed by atoms with van der Waals surface area (Å²) in [5, 5.41) is 7.92. The SMILES string of the molecule is O=C1CNC(=O)CNC(=O)[C@@H](Cc2ccccc2)CCCCN1. The van der Waals surface area contributed by atoms with Gasteiger partial charge in [0.1, 0.15) is 0 Å². The number of hydrogen-bond acceptors (Lipinski definition) is 3. The average Bonchev–Trinajstić information content (AvgIpc) is 2.57. The normalized spacial score (nSPS) is 21.0. The number of benzene rings is 1. The molecule has 0 aliphatic carbocycles. The molecule has 1 aromatic rings. The van der Waals surface area contributed by atoms with E-state index in [1.165, 1.54) is 0 Å². The highest BCUT2D eigenvalue weighted by Crippen LogP contribution is 2.15. The van der Waals surface area contributed by atoms with Gasteiger partial charge in [0.25, 0.3) is 0 Å². The van der Waals surface area contributed by atoms with Crippen molar-refractivity contribution in [1.29, 1.82) is 0 Å². The van der Waals surface area contributed by atoms with Crippen LogP contribution in [0.3, 0.4) is 0 Å². The fourth-order valence-electron chi connectivity index (χ4n) is 2.58. The summed E-state index contributed by atoms with van der Waals surface area (Å²) in [6.07, 6.45) is 3.06. The van der Waals surface area contributed by atoms with Crippen LogP contribution in [-0.2, 0) is 20.8 Å². The second-order valence-corrected chi connectivity index (χ2v) is 5.73. The predicted molar refractivity (Wildman–Crippen MR) is 86.5 cm³/mol. The Balaban J connectivity index is 1.99. The van der Waals surface area contributed by atoms with Crippen molar-refractivity contribution in [3.8, 4) is 0 Å². The first-order valence-electron chi connectivity index (χ1n) is 8.00. The molecule has 1 atom stereocenters. The maximum absolute atomic E-state index is 12.4. The molecule has 3 N–H and O–H groups in total. The van der Waals surface area contributed by atoms with Gasteiger partial charge in [-0.2, -0.15) is 0 Å². The highest BCUT2D eigenvalue weighted by molar-refractivity contribution is 5.88. The highest BCUT2D eigenvalue weighted by Gasteiger charge is 2.20. The summed E-state index contributed by atoms with van der Waals surface area (Å²) < 4.78 is 0. The molecule has 0 unspecified atom stereocenters. The van der Waals surface area contributed by atoms with Gasteiger partial charge in [-0.1, -0.05) is 36.8 Å². The van der Waals surface area contributed by atoms with Gasteiger partial charge in [-0.05, 0) is 24.8 Å². The molecule has 3 amide bonds. The van der Waals surface area contributed by atoms with E-state index in [9.17, 15) is 14.4 Å². The van der Waals surface area contributed by atoms with E-state index in [0.29, 0.717) is 13.0 Å². The lowest BCUT2D eigenvalue weighted by molar-refractivity contribution is -0.129. The van der Waals surface area contributed by atoms with Gasteiger partial charge < -0.3 is 16.0 Å². The third kappa shape index (κ3) is 6.10. The Morgan fingerprint density at radius 2 is 1.57 bits per heavy atom. The Morgan fingerprint density at radius 1 is 0.870 bits per heavy atom. The van der Waals surface area contributed by atoms with Gasteiger partial charge in [0.2, 0.25) is 17.7 Å². The maximum atomic E-state index is 12.4. The molecule has 0 radical (unpaired) electrons. The molecule has 0 bridgehead atoms. The molecule has 1 saturated heterocycles. The molecule has 0 saturated carbocycles. The van der Waals surface area contributed by atoms with Crippen LogP contribution in [0, 0.1) is 5.92 Å². The minimum Gasteiger partial charge on any atom is -0.355 e. The first-order chi connectivity index (χ1) is 11.1. The third-order valence-electron chi connectivity index (χ3n) is 3.87. The Hall–Kier alpha value is -2.37. The lowest BCUT2D eigenvalue weighted by atomic mass is 9.93. The summed E-state index contributed by atoms with van der Waals surface area (Å²) in [5.41, 5.74) is 1.11. The molecule has 23 heavy (non-hydrogen) atoms. The van der Waals surface area contributed by atoms with Crippen LogP contribution < -0.4 is 16.0 Å². The van der Waals surface area contributed by atoms with Crippen LogP contribution in [0.5, 0.6) is 0 Å². The minimum atomic E-state index is -0.355. The molecule has 1 heterocycles. The average molecular weight is 317 g/mol. The van der Waals surface area contributed by atoms with Crippen LogP contribution in [0.15, 0.2) is 30.3 Å². The summed E-state index contributed by atoms with van der Waals surface area (Å²) in [4.78, 5) is 35.5. The van der Waals surface area contributed by atoms with Gasteiger partial charge in [-0.25, -0.2) is 0 Å². The summed E-state index contributed by atoms with van der Waals surface area (Å²) in [5.74, 6) is -0.833. The van der Waals surface area contributed by atoms with E-state index in [0.717, 1.165) is 24.8 Å². The number of amides is 3. The lowest BCUT2D eigenvalue weighted by Crippen LogP contribution is -2.43. The highest BCUT2D eigenvalue weighted by atomic mass is 16.2. The van der Waals surface area contributed by atoms with E-state index in [-0.39, 0.29) is 36.7 Å². The number of carbonyl (C=O) groups excluding carboxylic acids is 3. The Kier molecular flexibility index (Phi) is 6.59. The van der Waals surface area contributed by atoms with Crippen LogP contribution >= 0.6 is 0 Å². The molecule has 2 rings (SSSR count). The third-order valence-corrected chi connectivity index (χ3v) is 3.87. The molecule has 1 aliphatic rings. The molecule has 6 heteroatoms. The smallest absolute Gasteiger partial charge is 0.239 e. The topological polar surface area (TPSA) is 87.3 Å². The van der Waals surface area contributed by atoms with E-state index in [1.54, 1.807) is 0 Å². The lowest BCUT2D eigenvalue weighted by Gasteiger charge is -2.16. The van der Waals surface area contributed by atoms with Crippen LogP contribution in [0.25, 0.3) is 0 Å². The van der Waals surface area contributed by atoms with Crippen LogP contribution in [-0.4, -0.2) is 37.4 Å². The van der Waals surface area contributed by atoms with E-state index < -0.39 is 0 Å². The van der Waals surface area contributed by atoms with Crippen molar-refractivity contribution in [2.75, 3.05) is 19.6 Å². The zero-order valence-corrected chi connectivity index (χ0v) is 13.1. The minimum absolute atomic E-state index is 0.0534. The molecule has 6 nitrogen and oxygen atoms in total. The Bertz CT molecular complexity index is 545. The standard InChI is InChI=1S/C17H23N3O3/c21-15-11-19-16(22)12-20-17(23)14(8-4-5-9-18-15)10-13-6-2-1-3-7-13/h1-3,6-7,14H,4-5,8-12H2,(H,18,21)(H,19,22)(H,20,23)/t14-/m1/s1. The quantitative estimate of drug-likeness (QED) is 0.737. The van der Waals surface area contributed by atoms with Crippen molar-refractivity contribution in [1.82, 2.24) is 16.0 Å². The summed E-state index contributed by atoms with van der Waals surface area (Å²) in [6.45, 7) is 0.411. The first-order valence-corrected chi connectivity index (χ1v) is 8.00. The Morgan fingerprint density at radius 3 is 2.35 bits per heavy atom. The zero-order valence-electron chi connectivity index (χ0n) is 13.1. The van der Waals surface area contributed by atoms with Gasteiger partial charge in [-0.15, -0.1) is 0 Å². The summed E-state index contributed by atoms with van der Waals surface area (Å²) in [7, 11) is 0. The zero-order chi connectivity index (χ0) is 16.5. The molecule has 1 aromatic carbocycles. The van der Waals surface area contributed by atoms with Crippen molar-refractivity contribution in [2.45, 2.75) is 25.7 Å². The van der Waals surface area contributed by atoms with E-state index in [2.05, 4.69) is 16.0 Å². The predicted octanol–water partition coefficient (Wildman–Crippen LogP) is 0.378. The van der Waals surface area contributed by atoms with Gasteiger partial charge in [0, 0.05) is 12.5 Å². The van der Waals surface area contributed by atoms with Gasteiger partial charge in [-0.3, -0.25) is 14.4 Å². The number of rotatable bonds is 2. The maximum Gasteiger partial charge on any atom is 0.239 e. The summed E-state index contributed by atoms with van der Waals surface area (Å²) >= 11 is 0. The van der Waals surface area contributed by atoms with Crippen LogP contribution in [0.2, 0.25) is 0 Å². The number of nitrogens with one attached hydrogen (secondary N) is 3. The fourth-order valence-corrected chi connectivity index (χ4v) is 2.58. The van der Waals surface area contributed by atoms with Crippen molar-refractivity contribution in [3.05, 3.63) is 35.9 Å². The largest absolute Gasteiger partial charge is 0.355 e. The van der Waals surface area contributed by atoms with Gasteiger partial charge in [0.05, 0.1) is 13.1 Å².